The maximum absolute atomic E-state index is 13.2. The van der Waals surface area contributed by atoms with Gasteiger partial charge in [0, 0.05) is 30.4 Å². The zero-order chi connectivity index (χ0) is 16.2. The quantitative estimate of drug-likeness (QED) is 0.886. The molecule has 1 aromatic carbocycles. The molecule has 0 saturated heterocycles. The van der Waals surface area contributed by atoms with E-state index in [4.69, 9.17) is 11.6 Å². The first-order valence-corrected chi connectivity index (χ1v) is 6.86. The molecular formula is C15H14ClF2N3O. The van der Waals surface area contributed by atoms with Crippen LogP contribution in [0.15, 0.2) is 42.6 Å². The zero-order valence-corrected chi connectivity index (χ0v) is 12.5. The molecule has 0 saturated carbocycles. The number of carbonyl (C=O) groups excluding carboxylic acids is 1. The summed E-state index contributed by atoms with van der Waals surface area (Å²) in [5.74, 6) is -3.01. The number of hydrogen-bond donors (Lipinski definition) is 2. The molecule has 2 rings (SSSR count). The minimum absolute atomic E-state index is 0.109. The third-order valence-electron chi connectivity index (χ3n) is 2.81. The Hall–Kier alpha value is -2.21. The third kappa shape index (κ3) is 4.66. The molecule has 0 aliphatic heterocycles. The van der Waals surface area contributed by atoms with E-state index in [2.05, 4.69) is 15.6 Å². The first-order valence-electron chi connectivity index (χ1n) is 6.48. The average molecular weight is 326 g/mol. The van der Waals surface area contributed by atoms with Crippen LogP contribution in [0.5, 0.6) is 0 Å². The fraction of sp³-hybridized carbons (Fsp3) is 0.200. The van der Waals surface area contributed by atoms with E-state index in [-0.39, 0.29) is 12.2 Å². The molecule has 0 aliphatic carbocycles. The smallest absolute Gasteiger partial charge is 0.319 e. The van der Waals surface area contributed by atoms with Gasteiger partial charge in [-0.15, -0.1) is 0 Å². The van der Waals surface area contributed by atoms with Crippen molar-refractivity contribution in [2.45, 2.75) is 19.4 Å². The summed E-state index contributed by atoms with van der Waals surface area (Å²) < 4.78 is 26.4. The second-order valence-corrected chi connectivity index (χ2v) is 5.19. The van der Waals surface area contributed by atoms with Crippen LogP contribution in [0.1, 0.15) is 18.2 Å². The van der Waals surface area contributed by atoms with E-state index in [1.165, 1.54) is 12.3 Å². The fourth-order valence-corrected chi connectivity index (χ4v) is 1.94. The van der Waals surface area contributed by atoms with Crippen LogP contribution in [0.3, 0.4) is 0 Å². The van der Waals surface area contributed by atoms with Crippen molar-refractivity contribution in [2.24, 2.45) is 0 Å². The first-order chi connectivity index (χ1) is 10.3. The number of nitrogens with zero attached hydrogens (tertiary/aromatic N) is 1. The normalized spacial score (nSPS) is 11.1. The van der Waals surface area contributed by atoms with Gasteiger partial charge in [-0.05, 0) is 35.9 Å². The molecule has 0 bridgehead atoms. The third-order valence-corrected chi connectivity index (χ3v) is 3.04. The minimum Gasteiger partial charge on any atom is -0.334 e. The predicted molar refractivity (Wildman–Crippen MR) is 81.1 cm³/mol. The molecule has 0 fully saturated rings. The summed E-state index contributed by atoms with van der Waals surface area (Å²) in [4.78, 5) is 15.4. The number of hydrogen-bond acceptors (Lipinski definition) is 2. The number of anilines is 1. The Labute approximate surface area is 131 Å². The van der Waals surface area contributed by atoms with Gasteiger partial charge in [0.05, 0.1) is 0 Å². The Morgan fingerprint density at radius 1 is 1.32 bits per heavy atom. The van der Waals surface area contributed by atoms with Crippen LogP contribution in [-0.2, 0) is 12.5 Å². The van der Waals surface area contributed by atoms with E-state index in [1.807, 2.05) is 0 Å². The molecule has 0 radical (unpaired) electrons. The number of alkyl halides is 2. The molecule has 2 aromatic rings. The van der Waals surface area contributed by atoms with Gasteiger partial charge in [-0.1, -0.05) is 17.7 Å². The molecule has 2 amide bonds. The van der Waals surface area contributed by atoms with Gasteiger partial charge >= 0.3 is 6.03 Å². The number of rotatable bonds is 4. The molecule has 116 valence electrons. The van der Waals surface area contributed by atoms with Crippen LogP contribution in [-0.4, -0.2) is 11.0 Å². The zero-order valence-electron chi connectivity index (χ0n) is 11.7. The van der Waals surface area contributed by atoms with Gasteiger partial charge in [-0.2, -0.15) is 8.78 Å². The van der Waals surface area contributed by atoms with Gasteiger partial charge in [0.1, 0.15) is 5.69 Å². The van der Waals surface area contributed by atoms with E-state index in [9.17, 15) is 13.6 Å². The van der Waals surface area contributed by atoms with Gasteiger partial charge in [-0.3, -0.25) is 4.98 Å². The largest absolute Gasteiger partial charge is 0.334 e. The summed E-state index contributed by atoms with van der Waals surface area (Å²) in [6.07, 6.45) is 1.29. The summed E-state index contributed by atoms with van der Waals surface area (Å²) in [5, 5.41) is 5.68. The highest BCUT2D eigenvalue weighted by atomic mass is 35.5. The fourth-order valence-electron chi connectivity index (χ4n) is 1.75. The van der Waals surface area contributed by atoms with Gasteiger partial charge in [-0.25, -0.2) is 4.79 Å². The minimum atomic E-state index is -3.01. The van der Waals surface area contributed by atoms with Crippen molar-refractivity contribution in [2.75, 3.05) is 5.32 Å². The average Bonchev–Trinajstić information content (AvgIpc) is 2.45. The Bertz CT molecular complexity index is 674. The molecule has 4 nitrogen and oxygen atoms in total. The SMILES string of the molecule is CC(F)(F)c1cc(CNC(=O)Nc2cccc(Cl)c2)ccn1. The summed E-state index contributed by atoms with van der Waals surface area (Å²) in [6.45, 7) is 0.885. The van der Waals surface area contributed by atoms with Crippen LogP contribution >= 0.6 is 11.6 Å². The second-order valence-electron chi connectivity index (χ2n) is 4.76. The maximum atomic E-state index is 13.2. The summed E-state index contributed by atoms with van der Waals surface area (Å²) in [7, 11) is 0. The van der Waals surface area contributed by atoms with Crippen molar-refractivity contribution in [3.8, 4) is 0 Å². The van der Waals surface area contributed by atoms with Crippen LogP contribution < -0.4 is 10.6 Å². The monoisotopic (exact) mass is 325 g/mol. The van der Waals surface area contributed by atoms with Crippen molar-refractivity contribution in [3.63, 3.8) is 0 Å². The van der Waals surface area contributed by atoms with Crippen molar-refractivity contribution >= 4 is 23.3 Å². The lowest BCUT2D eigenvalue weighted by atomic mass is 10.1. The van der Waals surface area contributed by atoms with Crippen LogP contribution in [0, 0.1) is 0 Å². The lowest BCUT2D eigenvalue weighted by Crippen LogP contribution is -2.28. The van der Waals surface area contributed by atoms with Crippen molar-refractivity contribution < 1.29 is 13.6 Å². The standard InChI is InChI=1S/C15H14ClF2N3O/c1-15(17,18)13-7-10(5-6-19-13)9-20-14(22)21-12-4-2-3-11(16)8-12/h2-8H,9H2,1H3,(H2,20,21,22). The Kier molecular flexibility index (Phi) is 4.92. The summed E-state index contributed by atoms with van der Waals surface area (Å²) in [6, 6.07) is 9.06. The van der Waals surface area contributed by atoms with Crippen molar-refractivity contribution in [1.29, 1.82) is 0 Å². The van der Waals surface area contributed by atoms with Crippen LogP contribution in [0.4, 0.5) is 19.3 Å². The van der Waals surface area contributed by atoms with Gasteiger partial charge in [0.15, 0.2) is 0 Å². The molecule has 1 aromatic heterocycles. The number of nitrogens with one attached hydrogen (secondary N) is 2. The first kappa shape index (κ1) is 16.2. The number of urea groups is 1. The molecule has 7 heteroatoms. The molecule has 0 unspecified atom stereocenters. The number of carbonyl (C=O) groups is 1. The molecular weight excluding hydrogens is 312 g/mol. The van der Waals surface area contributed by atoms with Gasteiger partial charge in [0.25, 0.3) is 5.92 Å². The van der Waals surface area contributed by atoms with E-state index >= 15 is 0 Å². The Balaban J connectivity index is 1.94. The maximum Gasteiger partial charge on any atom is 0.319 e. The molecule has 2 N–H and O–H groups in total. The van der Waals surface area contributed by atoms with E-state index in [1.54, 1.807) is 30.3 Å². The second kappa shape index (κ2) is 6.70. The molecule has 0 spiro atoms. The molecule has 0 atom stereocenters. The highest BCUT2D eigenvalue weighted by molar-refractivity contribution is 6.30. The Morgan fingerprint density at radius 2 is 2.09 bits per heavy atom. The number of pyridine rings is 1. The van der Waals surface area contributed by atoms with E-state index in [0.717, 1.165) is 6.92 Å². The van der Waals surface area contributed by atoms with Gasteiger partial charge < -0.3 is 10.6 Å². The van der Waals surface area contributed by atoms with Crippen LogP contribution in [0.2, 0.25) is 5.02 Å². The summed E-state index contributed by atoms with van der Waals surface area (Å²) >= 11 is 5.81. The number of benzene rings is 1. The lowest BCUT2D eigenvalue weighted by Gasteiger charge is -2.11. The van der Waals surface area contributed by atoms with E-state index < -0.39 is 12.0 Å². The Morgan fingerprint density at radius 3 is 2.77 bits per heavy atom. The van der Waals surface area contributed by atoms with E-state index in [0.29, 0.717) is 16.3 Å². The topological polar surface area (TPSA) is 54.0 Å². The molecule has 0 aliphatic rings. The number of halogens is 3. The van der Waals surface area contributed by atoms with Crippen LogP contribution in [0.25, 0.3) is 0 Å². The lowest BCUT2D eigenvalue weighted by molar-refractivity contribution is 0.0127. The predicted octanol–water partition coefficient (Wildman–Crippen LogP) is 4.17. The number of aromatic nitrogens is 1. The van der Waals surface area contributed by atoms with Crippen molar-refractivity contribution in [1.82, 2.24) is 10.3 Å². The van der Waals surface area contributed by atoms with Gasteiger partial charge in [0.2, 0.25) is 0 Å². The molecule has 1 heterocycles. The highest BCUT2D eigenvalue weighted by Crippen LogP contribution is 2.25. The molecule has 22 heavy (non-hydrogen) atoms. The van der Waals surface area contributed by atoms with Crippen molar-refractivity contribution in [3.05, 3.63) is 58.9 Å². The summed E-state index contributed by atoms with van der Waals surface area (Å²) in [5.41, 5.74) is 0.746. The number of amides is 2. The highest BCUT2D eigenvalue weighted by Gasteiger charge is 2.26.